The molecule has 0 bridgehead atoms. The predicted octanol–water partition coefficient (Wildman–Crippen LogP) is 2.01. The Morgan fingerprint density at radius 1 is 1.26 bits per heavy atom. The Kier molecular flexibility index (Phi) is 5.39. The molecule has 2 aliphatic rings. The number of carbonyl (C=O) groups excluding carboxylic acids is 1. The third-order valence-electron chi connectivity index (χ3n) is 4.41. The van der Waals surface area contributed by atoms with E-state index in [0.717, 1.165) is 31.6 Å². The normalized spacial score (nSPS) is 32.4. The number of amides is 2. The van der Waals surface area contributed by atoms with E-state index in [1.807, 2.05) is 16.7 Å². The molecule has 3 atom stereocenters. The van der Waals surface area contributed by atoms with E-state index in [9.17, 15) is 4.79 Å². The molecular weight excluding hydrogens is 258 g/mol. The first-order chi connectivity index (χ1) is 9.08. The average Bonchev–Trinajstić information content (AvgIpc) is 2.71. The number of nitrogens with zero attached hydrogens (tertiary/aromatic N) is 2. The quantitative estimate of drug-likeness (QED) is 0.843. The molecule has 1 saturated carbocycles. The van der Waals surface area contributed by atoms with Crippen LogP contribution in [0.5, 0.6) is 0 Å². The second-order valence-electron chi connectivity index (χ2n) is 6.02. The molecule has 0 radical (unpaired) electrons. The van der Waals surface area contributed by atoms with Gasteiger partial charge in [0.05, 0.1) is 0 Å². The molecule has 0 aromatic heterocycles. The first kappa shape index (κ1) is 15.0. The fraction of sp³-hybridized carbons (Fsp3) is 0.929. The van der Waals surface area contributed by atoms with Gasteiger partial charge in [-0.1, -0.05) is 0 Å². The van der Waals surface area contributed by atoms with Crippen LogP contribution < -0.4 is 5.32 Å². The van der Waals surface area contributed by atoms with Crippen molar-refractivity contribution in [2.24, 2.45) is 0 Å². The third kappa shape index (κ3) is 4.02. The number of urea groups is 1. The SMILES string of the molecule is CC1CCSCCN1C(=O)NC1CCC(N(C)C)C1. The monoisotopic (exact) mass is 285 g/mol. The second kappa shape index (κ2) is 6.84. The second-order valence-corrected chi connectivity index (χ2v) is 7.25. The Morgan fingerprint density at radius 3 is 2.74 bits per heavy atom. The standard InChI is InChI=1S/C14H27N3OS/c1-11-6-8-19-9-7-17(11)14(18)15-12-4-5-13(10-12)16(2)3/h11-13H,4-10H2,1-3H3,(H,15,18). The summed E-state index contributed by atoms with van der Waals surface area (Å²) in [4.78, 5) is 16.7. The summed E-state index contributed by atoms with van der Waals surface area (Å²) in [5.41, 5.74) is 0. The summed E-state index contributed by atoms with van der Waals surface area (Å²) >= 11 is 1.96. The molecule has 2 fully saturated rings. The number of thioether (sulfide) groups is 1. The first-order valence-electron chi connectivity index (χ1n) is 7.39. The Labute approximate surface area is 121 Å². The van der Waals surface area contributed by atoms with Gasteiger partial charge in [0.1, 0.15) is 0 Å². The highest BCUT2D eigenvalue weighted by molar-refractivity contribution is 7.99. The van der Waals surface area contributed by atoms with Gasteiger partial charge in [0.25, 0.3) is 0 Å². The predicted molar refractivity (Wildman–Crippen MR) is 81.8 cm³/mol. The van der Waals surface area contributed by atoms with Crippen LogP contribution >= 0.6 is 11.8 Å². The van der Waals surface area contributed by atoms with Gasteiger partial charge < -0.3 is 15.1 Å². The maximum Gasteiger partial charge on any atom is 0.317 e. The fourth-order valence-electron chi connectivity index (χ4n) is 3.01. The molecular formula is C14H27N3OS. The van der Waals surface area contributed by atoms with Gasteiger partial charge in [-0.3, -0.25) is 0 Å². The zero-order valence-electron chi connectivity index (χ0n) is 12.4. The highest BCUT2D eigenvalue weighted by Gasteiger charge is 2.29. The Balaban J connectivity index is 1.83. The van der Waals surface area contributed by atoms with Gasteiger partial charge >= 0.3 is 6.03 Å². The van der Waals surface area contributed by atoms with E-state index < -0.39 is 0 Å². The molecule has 1 saturated heterocycles. The van der Waals surface area contributed by atoms with Crippen LogP contribution in [0.1, 0.15) is 32.6 Å². The zero-order chi connectivity index (χ0) is 13.8. The lowest BCUT2D eigenvalue weighted by Crippen LogP contribution is -2.48. The molecule has 0 spiro atoms. The van der Waals surface area contributed by atoms with Gasteiger partial charge in [0.15, 0.2) is 0 Å². The summed E-state index contributed by atoms with van der Waals surface area (Å²) in [6, 6.07) is 1.52. The van der Waals surface area contributed by atoms with Gasteiger partial charge in [-0.2, -0.15) is 11.8 Å². The van der Waals surface area contributed by atoms with E-state index in [1.54, 1.807) is 0 Å². The van der Waals surface area contributed by atoms with Crippen molar-refractivity contribution in [1.29, 1.82) is 0 Å². The zero-order valence-corrected chi connectivity index (χ0v) is 13.2. The van der Waals surface area contributed by atoms with Gasteiger partial charge in [-0.25, -0.2) is 4.79 Å². The minimum atomic E-state index is 0.152. The molecule has 110 valence electrons. The molecule has 0 aromatic rings. The summed E-state index contributed by atoms with van der Waals surface area (Å²) in [7, 11) is 4.26. The van der Waals surface area contributed by atoms with Gasteiger partial charge in [-0.15, -0.1) is 0 Å². The number of rotatable bonds is 2. The summed E-state index contributed by atoms with van der Waals surface area (Å²) in [5, 5.41) is 3.24. The highest BCUT2D eigenvalue weighted by Crippen LogP contribution is 2.23. The molecule has 3 unspecified atom stereocenters. The molecule has 2 amide bonds. The van der Waals surface area contributed by atoms with Crippen LogP contribution in [0.4, 0.5) is 4.79 Å². The summed E-state index contributed by atoms with van der Waals surface area (Å²) < 4.78 is 0. The van der Waals surface area contributed by atoms with E-state index in [0.29, 0.717) is 18.1 Å². The largest absolute Gasteiger partial charge is 0.335 e. The van der Waals surface area contributed by atoms with Crippen molar-refractivity contribution in [3.8, 4) is 0 Å². The smallest absolute Gasteiger partial charge is 0.317 e. The lowest BCUT2D eigenvalue weighted by atomic mass is 10.2. The van der Waals surface area contributed by atoms with Crippen LogP contribution in [-0.4, -0.2) is 66.1 Å². The lowest BCUT2D eigenvalue weighted by molar-refractivity contribution is 0.178. The van der Waals surface area contributed by atoms with Crippen molar-refractivity contribution < 1.29 is 4.79 Å². The van der Waals surface area contributed by atoms with Crippen molar-refractivity contribution in [2.75, 3.05) is 32.1 Å². The van der Waals surface area contributed by atoms with E-state index in [2.05, 4.69) is 31.2 Å². The third-order valence-corrected chi connectivity index (χ3v) is 5.41. The van der Waals surface area contributed by atoms with Crippen LogP contribution in [0.25, 0.3) is 0 Å². The Bertz CT molecular complexity index is 311. The highest BCUT2D eigenvalue weighted by atomic mass is 32.2. The topological polar surface area (TPSA) is 35.6 Å². The Morgan fingerprint density at radius 2 is 2.05 bits per heavy atom. The molecule has 1 N–H and O–H groups in total. The summed E-state index contributed by atoms with van der Waals surface area (Å²) in [6.07, 6.45) is 4.52. The molecule has 4 nitrogen and oxygen atoms in total. The van der Waals surface area contributed by atoms with Crippen molar-refractivity contribution in [2.45, 2.75) is 50.7 Å². The molecule has 0 aromatic carbocycles. The first-order valence-corrected chi connectivity index (χ1v) is 8.54. The molecule has 1 aliphatic heterocycles. The van der Waals surface area contributed by atoms with E-state index in [-0.39, 0.29) is 6.03 Å². The number of nitrogens with one attached hydrogen (secondary N) is 1. The maximum atomic E-state index is 12.4. The number of hydrogen-bond donors (Lipinski definition) is 1. The molecule has 1 heterocycles. The number of hydrogen-bond acceptors (Lipinski definition) is 3. The van der Waals surface area contributed by atoms with Gasteiger partial charge in [0, 0.05) is 30.4 Å². The van der Waals surface area contributed by atoms with Crippen molar-refractivity contribution in [3.05, 3.63) is 0 Å². The summed E-state index contributed by atoms with van der Waals surface area (Å²) in [6.45, 7) is 3.06. The van der Waals surface area contributed by atoms with Crippen molar-refractivity contribution >= 4 is 17.8 Å². The average molecular weight is 285 g/mol. The molecule has 2 rings (SSSR count). The van der Waals surface area contributed by atoms with Crippen LogP contribution in [-0.2, 0) is 0 Å². The van der Waals surface area contributed by atoms with Crippen LogP contribution in [0.3, 0.4) is 0 Å². The van der Waals surface area contributed by atoms with E-state index >= 15 is 0 Å². The fourth-order valence-corrected chi connectivity index (χ4v) is 4.05. The molecule has 19 heavy (non-hydrogen) atoms. The molecule has 5 heteroatoms. The summed E-state index contributed by atoms with van der Waals surface area (Å²) in [5.74, 6) is 2.25. The van der Waals surface area contributed by atoms with Gasteiger partial charge in [-0.05, 0) is 52.5 Å². The lowest BCUT2D eigenvalue weighted by Gasteiger charge is -2.29. The van der Waals surface area contributed by atoms with E-state index in [4.69, 9.17) is 0 Å². The van der Waals surface area contributed by atoms with Crippen LogP contribution in [0.2, 0.25) is 0 Å². The molecule has 1 aliphatic carbocycles. The Hall–Kier alpha value is -0.420. The minimum absolute atomic E-state index is 0.152. The van der Waals surface area contributed by atoms with Crippen LogP contribution in [0.15, 0.2) is 0 Å². The minimum Gasteiger partial charge on any atom is -0.335 e. The van der Waals surface area contributed by atoms with E-state index in [1.165, 1.54) is 12.2 Å². The van der Waals surface area contributed by atoms with Crippen molar-refractivity contribution in [1.82, 2.24) is 15.1 Å². The van der Waals surface area contributed by atoms with Crippen LogP contribution in [0, 0.1) is 0 Å². The van der Waals surface area contributed by atoms with Crippen molar-refractivity contribution in [3.63, 3.8) is 0 Å². The van der Waals surface area contributed by atoms with Gasteiger partial charge in [0.2, 0.25) is 0 Å². The maximum absolute atomic E-state index is 12.4. The number of carbonyl (C=O) groups is 1.